The summed E-state index contributed by atoms with van der Waals surface area (Å²) in [6, 6.07) is 3.41. The molecule has 0 spiro atoms. The molecule has 0 amide bonds. The summed E-state index contributed by atoms with van der Waals surface area (Å²) in [5.74, 6) is -0.0536. The van der Waals surface area contributed by atoms with Crippen LogP contribution in [0, 0.1) is 0 Å². The predicted molar refractivity (Wildman–Crippen MR) is 76.7 cm³/mol. The second kappa shape index (κ2) is 5.17. The van der Waals surface area contributed by atoms with Gasteiger partial charge < -0.3 is 10.4 Å². The topological polar surface area (TPSA) is 32.3 Å². The normalized spacial score (nSPS) is 17.6. The highest BCUT2D eigenvalue weighted by atomic mass is 35.5. The maximum atomic E-state index is 9.47. The lowest BCUT2D eigenvalue weighted by atomic mass is 9.84. The fourth-order valence-corrected chi connectivity index (χ4v) is 3.36. The molecule has 17 heavy (non-hydrogen) atoms. The Morgan fingerprint density at radius 3 is 2.35 bits per heavy atom. The summed E-state index contributed by atoms with van der Waals surface area (Å²) in [5.41, 5.74) is 0.859. The molecule has 1 saturated carbocycles. The van der Waals surface area contributed by atoms with Gasteiger partial charge in [0.05, 0.1) is 10.0 Å². The molecule has 5 heteroatoms. The van der Waals surface area contributed by atoms with Gasteiger partial charge in [0, 0.05) is 17.0 Å². The number of anilines is 1. The van der Waals surface area contributed by atoms with Gasteiger partial charge in [-0.25, -0.2) is 0 Å². The van der Waals surface area contributed by atoms with Crippen LogP contribution in [0.3, 0.4) is 0 Å². The standard InChI is InChI=1S/C12H15Cl2NOS/c1-17-12(3-2-4-12)7-15-8-5-9(13)11(16)10(14)6-8/h5-6,15-16H,2-4,7H2,1H3. The van der Waals surface area contributed by atoms with Crippen LogP contribution in [0.5, 0.6) is 5.75 Å². The van der Waals surface area contributed by atoms with E-state index < -0.39 is 0 Å². The van der Waals surface area contributed by atoms with Crippen molar-refractivity contribution < 1.29 is 5.11 Å². The molecule has 0 radical (unpaired) electrons. The van der Waals surface area contributed by atoms with E-state index in [-0.39, 0.29) is 15.8 Å². The number of halogens is 2. The summed E-state index contributed by atoms with van der Waals surface area (Å²) in [7, 11) is 0. The van der Waals surface area contributed by atoms with E-state index in [0.29, 0.717) is 4.75 Å². The van der Waals surface area contributed by atoms with Gasteiger partial charge in [-0.1, -0.05) is 29.6 Å². The maximum absolute atomic E-state index is 9.47. The van der Waals surface area contributed by atoms with Crippen molar-refractivity contribution in [3.8, 4) is 5.75 Å². The van der Waals surface area contributed by atoms with Crippen LogP contribution in [0.15, 0.2) is 12.1 Å². The first-order chi connectivity index (χ1) is 8.06. The van der Waals surface area contributed by atoms with Crippen LogP contribution < -0.4 is 5.32 Å². The fourth-order valence-electron chi connectivity index (χ4n) is 1.95. The third-order valence-electron chi connectivity index (χ3n) is 3.33. The summed E-state index contributed by atoms with van der Waals surface area (Å²) >= 11 is 13.7. The van der Waals surface area contributed by atoms with Crippen molar-refractivity contribution in [2.75, 3.05) is 18.1 Å². The van der Waals surface area contributed by atoms with E-state index >= 15 is 0 Å². The summed E-state index contributed by atoms with van der Waals surface area (Å²) in [5, 5.41) is 13.4. The molecule has 1 aliphatic carbocycles. The van der Waals surface area contributed by atoms with E-state index in [2.05, 4.69) is 11.6 Å². The molecule has 1 fully saturated rings. The first-order valence-electron chi connectivity index (χ1n) is 5.53. The number of benzene rings is 1. The number of rotatable bonds is 4. The monoisotopic (exact) mass is 291 g/mol. The zero-order valence-corrected chi connectivity index (χ0v) is 11.9. The largest absolute Gasteiger partial charge is 0.505 e. The highest BCUT2D eigenvalue weighted by molar-refractivity contribution is 8.00. The van der Waals surface area contributed by atoms with Crippen LogP contribution in [-0.2, 0) is 0 Å². The Balaban J connectivity index is 2.04. The van der Waals surface area contributed by atoms with Crippen molar-refractivity contribution in [3.05, 3.63) is 22.2 Å². The first-order valence-corrected chi connectivity index (χ1v) is 7.51. The van der Waals surface area contributed by atoms with E-state index in [4.69, 9.17) is 23.2 Å². The van der Waals surface area contributed by atoms with Crippen LogP contribution in [0.4, 0.5) is 5.69 Å². The minimum Gasteiger partial charge on any atom is -0.505 e. The first kappa shape index (κ1) is 13.2. The molecular formula is C12H15Cl2NOS. The molecule has 1 aromatic rings. The molecular weight excluding hydrogens is 277 g/mol. The van der Waals surface area contributed by atoms with Crippen molar-refractivity contribution in [1.82, 2.24) is 0 Å². The Morgan fingerprint density at radius 1 is 1.35 bits per heavy atom. The number of thioether (sulfide) groups is 1. The molecule has 0 saturated heterocycles. The van der Waals surface area contributed by atoms with Gasteiger partial charge in [0.2, 0.25) is 0 Å². The maximum Gasteiger partial charge on any atom is 0.152 e. The van der Waals surface area contributed by atoms with Gasteiger partial charge in [-0.3, -0.25) is 0 Å². The van der Waals surface area contributed by atoms with E-state index in [1.54, 1.807) is 12.1 Å². The Morgan fingerprint density at radius 2 is 1.94 bits per heavy atom. The van der Waals surface area contributed by atoms with Crippen molar-refractivity contribution in [2.45, 2.75) is 24.0 Å². The number of hydrogen-bond donors (Lipinski definition) is 2. The summed E-state index contributed by atoms with van der Waals surface area (Å²) in [6.45, 7) is 0.908. The predicted octanol–water partition coefficient (Wildman–Crippen LogP) is 4.40. The van der Waals surface area contributed by atoms with Crippen LogP contribution in [0.2, 0.25) is 10.0 Å². The molecule has 0 atom stereocenters. The minimum absolute atomic E-state index is 0.0536. The molecule has 2 rings (SSSR count). The highest BCUT2D eigenvalue weighted by Crippen LogP contribution is 2.43. The zero-order chi connectivity index (χ0) is 12.5. The number of phenols is 1. The lowest BCUT2D eigenvalue weighted by Crippen LogP contribution is -2.40. The highest BCUT2D eigenvalue weighted by Gasteiger charge is 2.35. The number of aromatic hydroxyl groups is 1. The molecule has 1 aromatic carbocycles. The second-order valence-electron chi connectivity index (χ2n) is 4.38. The Labute approximate surface area is 116 Å². The third-order valence-corrected chi connectivity index (χ3v) is 5.32. The zero-order valence-electron chi connectivity index (χ0n) is 9.59. The smallest absolute Gasteiger partial charge is 0.152 e. The third kappa shape index (κ3) is 2.78. The fraction of sp³-hybridized carbons (Fsp3) is 0.500. The van der Waals surface area contributed by atoms with Gasteiger partial charge in [0.25, 0.3) is 0 Å². The number of phenolic OH excluding ortho intramolecular Hbond substituents is 1. The molecule has 2 N–H and O–H groups in total. The number of nitrogens with one attached hydrogen (secondary N) is 1. The molecule has 0 bridgehead atoms. The van der Waals surface area contributed by atoms with Crippen molar-refractivity contribution in [1.29, 1.82) is 0 Å². The lowest BCUT2D eigenvalue weighted by molar-refractivity contribution is 0.380. The molecule has 0 heterocycles. The van der Waals surface area contributed by atoms with Gasteiger partial charge in [0.15, 0.2) is 5.75 Å². The van der Waals surface area contributed by atoms with Gasteiger partial charge in [-0.2, -0.15) is 11.8 Å². The van der Waals surface area contributed by atoms with Crippen LogP contribution in [0.25, 0.3) is 0 Å². The van der Waals surface area contributed by atoms with Gasteiger partial charge >= 0.3 is 0 Å². The molecule has 2 nitrogen and oxygen atoms in total. The van der Waals surface area contributed by atoms with Gasteiger partial charge in [-0.15, -0.1) is 0 Å². The Hall–Kier alpha value is -0.250. The van der Waals surface area contributed by atoms with Crippen LogP contribution in [0.1, 0.15) is 19.3 Å². The van der Waals surface area contributed by atoms with Gasteiger partial charge in [-0.05, 0) is 31.2 Å². The quantitative estimate of drug-likeness (QED) is 0.807. The van der Waals surface area contributed by atoms with Crippen molar-refractivity contribution in [3.63, 3.8) is 0 Å². The Kier molecular flexibility index (Phi) is 4.01. The molecule has 1 aliphatic rings. The molecule has 0 aliphatic heterocycles. The van der Waals surface area contributed by atoms with Crippen LogP contribution >= 0.6 is 35.0 Å². The average molecular weight is 292 g/mol. The van der Waals surface area contributed by atoms with E-state index in [9.17, 15) is 5.11 Å². The molecule has 94 valence electrons. The van der Waals surface area contributed by atoms with Crippen molar-refractivity contribution >= 4 is 40.7 Å². The minimum atomic E-state index is -0.0536. The molecule has 0 unspecified atom stereocenters. The second-order valence-corrected chi connectivity index (χ2v) is 6.47. The average Bonchev–Trinajstić information content (AvgIpc) is 2.25. The number of hydrogen-bond acceptors (Lipinski definition) is 3. The SMILES string of the molecule is CSC1(CNc2cc(Cl)c(O)c(Cl)c2)CCC1. The van der Waals surface area contributed by atoms with Crippen molar-refractivity contribution in [2.24, 2.45) is 0 Å². The van der Waals surface area contributed by atoms with E-state index in [0.717, 1.165) is 12.2 Å². The summed E-state index contributed by atoms with van der Waals surface area (Å²) in [6.07, 6.45) is 5.96. The van der Waals surface area contributed by atoms with Gasteiger partial charge in [0.1, 0.15) is 0 Å². The Bertz CT molecular complexity index is 392. The summed E-state index contributed by atoms with van der Waals surface area (Å²) in [4.78, 5) is 0. The van der Waals surface area contributed by atoms with Crippen LogP contribution in [-0.4, -0.2) is 22.7 Å². The van der Waals surface area contributed by atoms with E-state index in [1.165, 1.54) is 19.3 Å². The molecule has 0 aromatic heterocycles. The lowest BCUT2D eigenvalue weighted by Gasteiger charge is -2.40. The van der Waals surface area contributed by atoms with E-state index in [1.807, 2.05) is 11.8 Å². The summed E-state index contributed by atoms with van der Waals surface area (Å²) < 4.78 is 0.358.